The average Bonchev–Trinajstić information content (AvgIpc) is 1.64. The Balaban J connectivity index is 0.000000209. The topological polar surface area (TPSA) is 431 Å². The molecule has 0 aliphatic carbocycles. The van der Waals surface area contributed by atoms with Crippen molar-refractivity contribution in [2.24, 2.45) is 4.99 Å². The summed E-state index contributed by atoms with van der Waals surface area (Å²) in [5.74, 6) is 1.11. The van der Waals surface area contributed by atoms with Crippen LogP contribution in [0.1, 0.15) is 102 Å². The number of nitrogens with one attached hydrogen (secondary N) is 7. The zero-order valence-corrected chi connectivity index (χ0v) is 60.4. The molecule has 9 rings (SSSR count). The van der Waals surface area contributed by atoms with Gasteiger partial charge in [-0.3, -0.25) is 28.4 Å². The van der Waals surface area contributed by atoms with E-state index in [9.17, 15) is 39.6 Å². The van der Waals surface area contributed by atoms with Crippen LogP contribution in [0.2, 0.25) is 0 Å². The van der Waals surface area contributed by atoms with Crippen molar-refractivity contribution in [2.45, 2.75) is 88.1 Å². The van der Waals surface area contributed by atoms with Gasteiger partial charge in [0, 0.05) is 79.2 Å². The number of aryl methyl sites for hydroxylation is 3. The highest BCUT2D eigenvalue weighted by Gasteiger charge is 2.35. The summed E-state index contributed by atoms with van der Waals surface area (Å²) in [6.45, 7) is 22.7. The van der Waals surface area contributed by atoms with E-state index >= 15 is 0 Å². The molecule has 0 saturated carbocycles. The van der Waals surface area contributed by atoms with Gasteiger partial charge in [0.15, 0.2) is 34.9 Å². The Morgan fingerprint density at radius 1 is 0.515 bits per heavy atom. The first kappa shape index (κ1) is 76.5. The molecular formula is C60H86N24O12S3. The lowest BCUT2D eigenvalue weighted by atomic mass is 10.2. The van der Waals surface area contributed by atoms with Gasteiger partial charge in [-0.1, -0.05) is 0 Å². The fourth-order valence-corrected chi connectivity index (χ4v) is 10.6. The van der Waals surface area contributed by atoms with Crippen LogP contribution >= 0.6 is 0 Å². The Labute approximate surface area is 574 Å². The number of guanidine groups is 1. The summed E-state index contributed by atoms with van der Waals surface area (Å²) in [6.07, 6.45) is 7.14. The minimum Gasteiger partial charge on any atom is -0.380 e. The van der Waals surface area contributed by atoms with Crippen molar-refractivity contribution in [1.82, 2.24) is 83.3 Å². The van der Waals surface area contributed by atoms with Crippen LogP contribution in [0.5, 0.6) is 0 Å². The molecule has 8 aromatic heterocycles. The molecule has 0 saturated heterocycles. The molecule has 1 unspecified atom stereocenters. The lowest BCUT2D eigenvalue weighted by Crippen LogP contribution is -2.38. The molecule has 0 fully saturated rings. The third-order valence-electron chi connectivity index (χ3n) is 14.3. The number of nitrogens with zero attached hydrogens (tertiary/aromatic N) is 17. The van der Waals surface area contributed by atoms with Gasteiger partial charge in [0.05, 0.1) is 58.2 Å². The molecule has 0 bridgehead atoms. The monoisotopic (exact) mass is 1430 g/mol. The molecule has 8 aromatic rings. The van der Waals surface area contributed by atoms with Crippen molar-refractivity contribution < 1.29 is 53.8 Å². The van der Waals surface area contributed by atoms with Gasteiger partial charge in [-0.15, -0.1) is 0 Å². The maximum absolute atomic E-state index is 12.8. The molecule has 1 atom stereocenters. The Morgan fingerprint density at radius 3 is 1.25 bits per heavy atom. The number of rotatable bonds is 29. The fraction of sp³-hybridized carbons (Fsp3) is 0.467. The zero-order chi connectivity index (χ0) is 72.5. The summed E-state index contributed by atoms with van der Waals surface area (Å²) in [7, 11) is -5.90. The Bertz CT molecular complexity index is 4370. The smallest absolute Gasteiger partial charge is 0.287 e. The van der Waals surface area contributed by atoms with Crippen LogP contribution in [0.4, 0.5) is 46.7 Å². The standard InChI is InChI=1S/C20H30N8O4S.2C20H28N8O4S/c3*1-6-27(4)20-23-15-16(19(29)26-33(5,30)31)25-28(10-11-32-7-2)17(15)18(24-20)22-14-12-13(3)8-9-21-14/h8-9,12,18H,6-7,10-11H2,1-5H3,(H,21,22)(H,23,24)(H,26,29);2*8-9,12H,6-7,10-11H2,1-5H3,(H,26,29)(H,21,22,23,24). The van der Waals surface area contributed by atoms with Crippen molar-refractivity contribution in [3.05, 3.63) is 94.5 Å². The van der Waals surface area contributed by atoms with Gasteiger partial charge in [0.2, 0.25) is 47.9 Å². The molecule has 36 nitrogen and oxygen atoms in total. The van der Waals surface area contributed by atoms with Crippen LogP contribution in [0, 0.1) is 20.8 Å². The first-order valence-corrected chi connectivity index (χ1v) is 37.1. The van der Waals surface area contributed by atoms with E-state index < -0.39 is 54.0 Å². The number of amides is 3. The molecule has 9 heterocycles. The maximum Gasteiger partial charge on any atom is 0.287 e. The summed E-state index contributed by atoms with van der Waals surface area (Å²) in [5.41, 5.74) is 4.98. The van der Waals surface area contributed by atoms with Gasteiger partial charge in [0.25, 0.3) is 17.7 Å². The molecule has 0 spiro atoms. The van der Waals surface area contributed by atoms with Gasteiger partial charge < -0.3 is 50.2 Å². The number of carbonyl (C=O) groups is 3. The first-order valence-electron chi connectivity index (χ1n) is 31.4. The molecule has 0 radical (unpaired) electrons. The molecular weight excluding hydrogens is 1350 g/mol. The normalized spacial score (nSPS) is 12.8. The van der Waals surface area contributed by atoms with Crippen LogP contribution in [0.25, 0.3) is 22.1 Å². The third kappa shape index (κ3) is 21.1. The number of aliphatic imine (C=N–C) groups is 1. The van der Waals surface area contributed by atoms with Crippen molar-refractivity contribution >= 4 is 122 Å². The van der Waals surface area contributed by atoms with Gasteiger partial charge in [-0.25, -0.2) is 69.3 Å². The predicted molar refractivity (Wildman–Crippen MR) is 376 cm³/mol. The average molecular weight is 1430 g/mol. The van der Waals surface area contributed by atoms with Crippen LogP contribution in [0.15, 0.2) is 60.0 Å². The second-order valence-electron chi connectivity index (χ2n) is 22.4. The van der Waals surface area contributed by atoms with Gasteiger partial charge in [-0.2, -0.15) is 25.3 Å². The van der Waals surface area contributed by atoms with E-state index in [1.54, 1.807) is 33.1 Å². The largest absolute Gasteiger partial charge is 0.380 e. The van der Waals surface area contributed by atoms with E-state index in [0.29, 0.717) is 148 Å². The highest BCUT2D eigenvalue weighted by molar-refractivity contribution is 7.89. The summed E-state index contributed by atoms with van der Waals surface area (Å²) in [5, 5.41) is 26.0. The van der Waals surface area contributed by atoms with Crippen LogP contribution in [-0.2, 0) is 63.9 Å². The summed E-state index contributed by atoms with van der Waals surface area (Å²) in [6, 6.07) is 11.2. The summed E-state index contributed by atoms with van der Waals surface area (Å²) >= 11 is 0. The van der Waals surface area contributed by atoms with Gasteiger partial charge >= 0.3 is 0 Å². The Kier molecular flexibility index (Phi) is 26.4. The predicted octanol–water partition coefficient (Wildman–Crippen LogP) is 4.07. The molecule has 3 amide bonds. The van der Waals surface area contributed by atoms with Gasteiger partial charge in [-0.05, 0) is 115 Å². The lowest BCUT2D eigenvalue weighted by molar-refractivity contribution is 0.0966. The molecule has 7 N–H and O–H groups in total. The highest BCUT2D eigenvalue weighted by atomic mass is 32.2. The fourth-order valence-electron chi connectivity index (χ4n) is 9.29. The molecule has 0 aromatic carbocycles. The summed E-state index contributed by atoms with van der Waals surface area (Å²) in [4.78, 5) is 80.0. The van der Waals surface area contributed by atoms with E-state index in [-0.39, 0.29) is 28.1 Å². The number of carbonyl (C=O) groups excluding carboxylic acids is 3. The number of ether oxygens (including phenoxy) is 3. The Morgan fingerprint density at radius 2 is 0.879 bits per heavy atom. The minimum absolute atomic E-state index is 0.0483. The van der Waals surface area contributed by atoms with Crippen LogP contribution in [0.3, 0.4) is 0 Å². The molecule has 1 aliphatic heterocycles. The number of hydrogen-bond donors (Lipinski definition) is 7. The number of fused-ring (bicyclic) bond motifs is 3. The quantitative estimate of drug-likeness (QED) is 0.0325. The number of hydrogen-bond acceptors (Lipinski definition) is 30. The SMILES string of the molecule is CCOCCn1nc(C(=O)NS(C)(=O)=O)c2c1C(Nc1cc(C)ccn1)N=C(N(C)CC)N2.CCOCCn1nc(C(=O)NS(C)(=O)=O)c2nc(N(C)CC)nc(Nc3cc(C)ccn3)c21.CCOCCn1nc(C(=O)NS(C)(=O)=O)c2nc(N(C)CC)nc(Nc3cc(C)ccn3)c21. The van der Waals surface area contributed by atoms with E-state index in [1.165, 1.54) is 9.36 Å². The van der Waals surface area contributed by atoms with Crippen molar-refractivity contribution in [3.63, 3.8) is 0 Å². The molecule has 99 heavy (non-hydrogen) atoms. The van der Waals surface area contributed by atoms with Crippen LogP contribution in [-0.4, -0.2) is 217 Å². The van der Waals surface area contributed by atoms with Crippen molar-refractivity contribution in [3.8, 4) is 0 Å². The number of sulfonamides is 3. The van der Waals surface area contributed by atoms with Crippen LogP contribution < -0.4 is 45.2 Å². The Hall–Kier alpha value is -9.83. The molecule has 39 heteroatoms. The second kappa shape index (κ2) is 34.1. The number of pyridine rings is 3. The number of anilines is 8. The zero-order valence-electron chi connectivity index (χ0n) is 58.0. The van der Waals surface area contributed by atoms with Crippen molar-refractivity contribution in [1.29, 1.82) is 0 Å². The van der Waals surface area contributed by atoms with E-state index in [0.717, 1.165) is 35.5 Å². The number of aromatic nitrogens is 13. The molecule has 1 aliphatic rings. The maximum atomic E-state index is 12.8. The first-order chi connectivity index (χ1) is 46.9. The van der Waals surface area contributed by atoms with Crippen molar-refractivity contribution in [2.75, 3.05) is 130 Å². The van der Waals surface area contributed by atoms with Gasteiger partial charge in [0.1, 0.15) is 50.9 Å². The third-order valence-corrected chi connectivity index (χ3v) is 16.0. The summed E-state index contributed by atoms with van der Waals surface area (Å²) < 4.78 is 97.1. The highest BCUT2D eigenvalue weighted by Crippen LogP contribution is 2.35. The van der Waals surface area contributed by atoms with E-state index in [1.807, 2.05) is 139 Å². The second-order valence-corrected chi connectivity index (χ2v) is 27.6. The lowest BCUT2D eigenvalue weighted by Gasteiger charge is -2.29. The van der Waals surface area contributed by atoms with E-state index in [4.69, 9.17) is 19.2 Å². The van der Waals surface area contributed by atoms with E-state index in [2.05, 4.69) is 71.5 Å². The minimum atomic E-state index is -3.80. The molecule has 536 valence electrons.